The zero-order chi connectivity index (χ0) is 4.99. The standard InChI is InChI=1S/C2H7AsO3.Na.H/c1-5-3(4)6-2;;/h3H,1-2H3;;. The van der Waals surface area contributed by atoms with E-state index < -0.39 is 15.3 Å². The summed E-state index contributed by atoms with van der Waals surface area (Å²) >= 11 is -2.63. The summed E-state index contributed by atoms with van der Waals surface area (Å²) in [6.07, 6.45) is 0. The molecule has 0 aliphatic rings. The van der Waals surface area contributed by atoms with Crippen LogP contribution in [0.25, 0.3) is 0 Å². The van der Waals surface area contributed by atoms with E-state index in [9.17, 15) is 3.74 Å². The van der Waals surface area contributed by atoms with Crippen molar-refractivity contribution in [2.75, 3.05) is 14.2 Å². The first-order valence-corrected chi connectivity index (χ1v) is 4.00. The van der Waals surface area contributed by atoms with Gasteiger partial charge in [0.1, 0.15) is 0 Å². The van der Waals surface area contributed by atoms with Crippen LogP contribution < -0.4 is 0 Å². The molecule has 0 unspecified atom stereocenters. The molecule has 0 bridgehead atoms. The van der Waals surface area contributed by atoms with E-state index in [4.69, 9.17) is 0 Å². The molecule has 0 fully saturated rings. The van der Waals surface area contributed by atoms with Gasteiger partial charge >= 0.3 is 70.2 Å². The van der Waals surface area contributed by atoms with E-state index in [1.165, 1.54) is 14.2 Å². The molecule has 0 atom stereocenters. The second kappa shape index (κ2) is 7.28. The topological polar surface area (TPSA) is 35.5 Å². The first kappa shape index (κ1) is 11.1. The van der Waals surface area contributed by atoms with E-state index in [0.717, 1.165) is 0 Å². The van der Waals surface area contributed by atoms with Crippen molar-refractivity contribution in [2.45, 2.75) is 0 Å². The normalized spacial score (nSPS) is 8.43. The summed E-state index contributed by atoms with van der Waals surface area (Å²) < 4.78 is 18.6. The minimum atomic E-state index is -2.63. The Hall–Kier alpha value is 1.28. The predicted molar refractivity (Wildman–Crippen MR) is 29.0 cm³/mol. The fourth-order valence-electron chi connectivity index (χ4n) is 0.0833. The van der Waals surface area contributed by atoms with E-state index in [2.05, 4.69) is 7.45 Å². The van der Waals surface area contributed by atoms with Crippen LogP contribution in [0.2, 0.25) is 0 Å². The Bertz CT molecular complexity index is 50.9. The zero-order valence-corrected chi connectivity index (χ0v) is 5.82. The van der Waals surface area contributed by atoms with E-state index in [-0.39, 0.29) is 29.6 Å². The van der Waals surface area contributed by atoms with E-state index in [0.29, 0.717) is 0 Å². The van der Waals surface area contributed by atoms with Crippen molar-refractivity contribution in [3.63, 3.8) is 0 Å². The number of hydrogen-bond donors (Lipinski definition) is 0. The van der Waals surface area contributed by atoms with Crippen molar-refractivity contribution in [1.29, 1.82) is 0 Å². The predicted octanol–water partition coefficient (Wildman–Crippen LogP) is -1.22. The molecule has 0 amide bonds. The van der Waals surface area contributed by atoms with Gasteiger partial charge in [-0.25, -0.2) is 0 Å². The Morgan fingerprint density at radius 3 is 1.57 bits per heavy atom. The Kier molecular flexibility index (Phi) is 11.6. The molecular weight excluding hydrogens is 170 g/mol. The molecule has 0 aromatic rings. The molecule has 0 N–H and O–H groups in total. The fraction of sp³-hybridized carbons (Fsp3) is 1.00. The second-order valence-corrected chi connectivity index (χ2v) is 3.42. The van der Waals surface area contributed by atoms with Crippen LogP contribution in [0.1, 0.15) is 0 Å². The van der Waals surface area contributed by atoms with Gasteiger partial charge in [-0.15, -0.1) is 0 Å². The maximum atomic E-state index is 9.99. The van der Waals surface area contributed by atoms with Crippen LogP contribution in [0.4, 0.5) is 0 Å². The Balaban J connectivity index is 0. The van der Waals surface area contributed by atoms with Gasteiger partial charge in [0.05, 0.1) is 0 Å². The second-order valence-electron chi connectivity index (χ2n) is 0.658. The summed E-state index contributed by atoms with van der Waals surface area (Å²) in [4.78, 5) is 0. The van der Waals surface area contributed by atoms with E-state index in [1.807, 2.05) is 0 Å². The van der Waals surface area contributed by atoms with E-state index >= 15 is 0 Å². The quantitative estimate of drug-likeness (QED) is 0.497. The molecule has 5 heteroatoms. The molecule has 3 nitrogen and oxygen atoms in total. The van der Waals surface area contributed by atoms with Crippen molar-refractivity contribution >= 4 is 44.8 Å². The van der Waals surface area contributed by atoms with Crippen LogP contribution in [-0.2, 0) is 11.2 Å². The molecule has 0 aromatic carbocycles. The van der Waals surface area contributed by atoms with Gasteiger partial charge in [0.25, 0.3) is 0 Å². The summed E-state index contributed by atoms with van der Waals surface area (Å²) in [5.74, 6) is 0. The van der Waals surface area contributed by atoms with Crippen LogP contribution >= 0.6 is 0 Å². The van der Waals surface area contributed by atoms with Crippen LogP contribution in [0.15, 0.2) is 0 Å². The number of hydrogen-bond acceptors (Lipinski definition) is 3. The molecule has 0 saturated carbocycles. The van der Waals surface area contributed by atoms with Crippen molar-refractivity contribution in [3.8, 4) is 0 Å². The molecule has 0 aliphatic carbocycles. The molecule has 0 rings (SSSR count). The third-order valence-electron chi connectivity index (χ3n) is 0.333. The van der Waals surface area contributed by atoms with Crippen molar-refractivity contribution < 1.29 is 11.2 Å². The molecule has 0 aliphatic heterocycles. The van der Waals surface area contributed by atoms with Gasteiger partial charge in [-0.2, -0.15) is 0 Å². The monoisotopic (exact) mass is 178 g/mol. The molecule has 0 spiro atoms. The summed E-state index contributed by atoms with van der Waals surface area (Å²) in [5.41, 5.74) is 0. The average molecular weight is 178 g/mol. The van der Waals surface area contributed by atoms with Gasteiger partial charge in [-0.05, 0) is 0 Å². The third-order valence-corrected chi connectivity index (χ3v) is 1.73. The van der Waals surface area contributed by atoms with Gasteiger partial charge < -0.3 is 0 Å². The average Bonchev–Trinajstić information content (AvgIpc) is 1.65. The summed E-state index contributed by atoms with van der Waals surface area (Å²) in [7, 11) is 2.73. The van der Waals surface area contributed by atoms with Crippen molar-refractivity contribution in [1.82, 2.24) is 0 Å². The van der Waals surface area contributed by atoms with Crippen LogP contribution in [0, 0.1) is 0 Å². The first-order chi connectivity index (χ1) is 2.81. The van der Waals surface area contributed by atoms with Crippen molar-refractivity contribution in [3.05, 3.63) is 0 Å². The van der Waals surface area contributed by atoms with Crippen LogP contribution in [-0.4, -0.2) is 59.1 Å². The molecule has 0 aromatic heterocycles. The Morgan fingerprint density at radius 1 is 1.29 bits per heavy atom. The molecule has 0 saturated heterocycles. The number of rotatable bonds is 2. The van der Waals surface area contributed by atoms with Gasteiger partial charge in [0.15, 0.2) is 0 Å². The molecule has 0 radical (unpaired) electrons. The van der Waals surface area contributed by atoms with E-state index in [1.54, 1.807) is 0 Å². The van der Waals surface area contributed by atoms with Gasteiger partial charge in [0, 0.05) is 0 Å². The van der Waals surface area contributed by atoms with Crippen LogP contribution in [0.3, 0.4) is 0 Å². The maximum absolute atomic E-state index is 9.99. The van der Waals surface area contributed by atoms with Gasteiger partial charge in [-0.1, -0.05) is 0 Å². The van der Waals surface area contributed by atoms with Crippen molar-refractivity contribution in [2.24, 2.45) is 0 Å². The SMILES string of the molecule is CO[AsH](=O)OC.[NaH]. The Morgan fingerprint density at radius 2 is 1.57 bits per heavy atom. The third kappa shape index (κ3) is 7.28. The zero-order valence-electron chi connectivity index (χ0n) is 3.72. The summed E-state index contributed by atoms with van der Waals surface area (Å²) in [6, 6.07) is 0. The van der Waals surface area contributed by atoms with Crippen LogP contribution in [0.5, 0.6) is 0 Å². The summed E-state index contributed by atoms with van der Waals surface area (Å²) in [6.45, 7) is 0. The molecular formula is C2H8AsNaO3. The fourth-order valence-corrected chi connectivity index (χ4v) is 0.433. The molecule has 40 valence electrons. The molecule has 0 heterocycles. The van der Waals surface area contributed by atoms with Gasteiger partial charge in [0.2, 0.25) is 0 Å². The Labute approximate surface area is 69.9 Å². The molecule has 7 heavy (non-hydrogen) atoms. The van der Waals surface area contributed by atoms with Gasteiger partial charge in [-0.3, -0.25) is 0 Å². The summed E-state index contributed by atoms with van der Waals surface area (Å²) in [5, 5.41) is 0. The first-order valence-electron chi connectivity index (χ1n) is 1.43. The minimum absolute atomic E-state index is 0.